The van der Waals surface area contributed by atoms with Gasteiger partial charge < -0.3 is 10.1 Å². The second-order valence-electron chi connectivity index (χ2n) is 8.81. The van der Waals surface area contributed by atoms with Gasteiger partial charge >= 0.3 is 5.97 Å². The average Bonchev–Trinajstić information content (AvgIpc) is 3.23. The van der Waals surface area contributed by atoms with Crippen LogP contribution in [0.5, 0.6) is 0 Å². The number of esters is 1. The predicted molar refractivity (Wildman–Crippen MR) is 120 cm³/mol. The fourth-order valence-electron chi connectivity index (χ4n) is 4.66. The zero-order valence-electron chi connectivity index (χ0n) is 18.9. The van der Waals surface area contributed by atoms with Crippen LogP contribution >= 0.6 is 0 Å². The molecule has 4 rings (SSSR count). The molecule has 1 saturated carbocycles. The Morgan fingerprint density at radius 2 is 1.88 bits per heavy atom. The molecule has 0 spiro atoms. The fraction of sp³-hybridized carbons (Fsp3) is 0.500. The smallest absolute Gasteiger partial charge is 0.358 e. The summed E-state index contributed by atoms with van der Waals surface area (Å²) >= 11 is 0. The lowest BCUT2D eigenvalue weighted by atomic mass is 9.91. The molecule has 2 aromatic rings. The molecule has 1 aliphatic heterocycles. The van der Waals surface area contributed by atoms with Crippen molar-refractivity contribution in [2.45, 2.75) is 70.5 Å². The van der Waals surface area contributed by atoms with Crippen LogP contribution < -0.4 is 10.2 Å². The van der Waals surface area contributed by atoms with E-state index >= 15 is 0 Å². The maximum Gasteiger partial charge on any atom is 0.358 e. The van der Waals surface area contributed by atoms with Crippen LogP contribution in [0.2, 0.25) is 0 Å². The largest absolute Gasteiger partial charge is 0.464 e. The monoisotopic (exact) mass is 438 g/mol. The van der Waals surface area contributed by atoms with Gasteiger partial charge in [0.1, 0.15) is 11.2 Å². The van der Waals surface area contributed by atoms with Crippen LogP contribution in [0.1, 0.15) is 72.5 Å². The molecule has 8 nitrogen and oxygen atoms in total. The molecule has 1 atom stereocenters. The molecule has 1 aromatic heterocycles. The van der Waals surface area contributed by atoms with Crippen LogP contribution in [0.3, 0.4) is 0 Å². The Balaban J connectivity index is 1.74. The third-order valence-electron chi connectivity index (χ3n) is 6.58. The second kappa shape index (κ2) is 8.76. The summed E-state index contributed by atoms with van der Waals surface area (Å²) in [6, 6.07) is 9.21. The fourth-order valence-corrected chi connectivity index (χ4v) is 4.66. The number of anilines is 1. The highest BCUT2D eigenvalue weighted by molar-refractivity contribution is 6.12. The van der Waals surface area contributed by atoms with Crippen molar-refractivity contribution >= 4 is 23.5 Å². The van der Waals surface area contributed by atoms with Crippen LogP contribution in [0.4, 0.5) is 5.69 Å². The molecule has 2 heterocycles. The Hall–Kier alpha value is -3.16. The number of fused-ring (bicyclic) bond motifs is 1. The number of hydrogen-bond donors (Lipinski definition) is 1. The van der Waals surface area contributed by atoms with Crippen LogP contribution in [0, 0.1) is 0 Å². The summed E-state index contributed by atoms with van der Waals surface area (Å²) in [5.74, 6) is -1.20. The van der Waals surface area contributed by atoms with Crippen LogP contribution in [0.15, 0.2) is 30.3 Å². The van der Waals surface area contributed by atoms with Gasteiger partial charge in [-0.1, -0.05) is 38.3 Å². The molecule has 32 heavy (non-hydrogen) atoms. The van der Waals surface area contributed by atoms with E-state index in [9.17, 15) is 14.4 Å². The van der Waals surface area contributed by atoms with E-state index in [1.807, 2.05) is 24.3 Å². The molecule has 2 amide bonds. The summed E-state index contributed by atoms with van der Waals surface area (Å²) in [4.78, 5) is 40.8. The number of aryl methyl sites for hydroxylation is 1. The first kappa shape index (κ1) is 22.0. The summed E-state index contributed by atoms with van der Waals surface area (Å²) in [7, 11) is 1.27. The number of rotatable bonds is 5. The van der Waals surface area contributed by atoms with E-state index in [0.29, 0.717) is 5.69 Å². The number of ether oxygens (including phenoxy) is 1. The zero-order valence-corrected chi connectivity index (χ0v) is 18.9. The molecule has 8 heteroatoms. The summed E-state index contributed by atoms with van der Waals surface area (Å²) < 4.78 is 6.22. The number of nitrogens with zero attached hydrogens (tertiary/aromatic N) is 3. The van der Waals surface area contributed by atoms with Gasteiger partial charge in [-0.15, -0.1) is 0 Å². The van der Waals surface area contributed by atoms with E-state index < -0.39 is 11.5 Å². The molecule has 1 fully saturated rings. The van der Waals surface area contributed by atoms with Gasteiger partial charge in [0.2, 0.25) is 5.91 Å². The van der Waals surface area contributed by atoms with Crippen molar-refractivity contribution in [3.8, 4) is 0 Å². The lowest BCUT2D eigenvalue weighted by Gasteiger charge is -2.44. The van der Waals surface area contributed by atoms with Gasteiger partial charge in [0.25, 0.3) is 5.91 Å². The maximum absolute atomic E-state index is 13.6. The third kappa shape index (κ3) is 3.89. The van der Waals surface area contributed by atoms with Gasteiger partial charge in [0.05, 0.1) is 13.7 Å². The summed E-state index contributed by atoms with van der Waals surface area (Å²) in [5.41, 5.74) is 0.890. The van der Waals surface area contributed by atoms with Gasteiger partial charge in [0, 0.05) is 17.8 Å². The normalized spacial score (nSPS) is 21.2. The molecule has 0 radical (unpaired) electrons. The van der Waals surface area contributed by atoms with E-state index in [-0.39, 0.29) is 35.8 Å². The average molecular weight is 439 g/mol. The van der Waals surface area contributed by atoms with Crippen molar-refractivity contribution in [3.05, 3.63) is 47.3 Å². The van der Waals surface area contributed by atoms with E-state index in [1.54, 1.807) is 11.8 Å². The maximum atomic E-state index is 13.6. The van der Waals surface area contributed by atoms with Crippen molar-refractivity contribution in [1.29, 1.82) is 0 Å². The number of hydrogen-bond acceptors (Lipinski definition) is 5. The van der Waals surface area contributed by atoms with Crippen molar-refractivity contribution < 1.29 is 19.1 Å². The number of benzene rings is 1. The topological polar surface area (TPSA) is 93.5 Å². The number of nitrogens with one attached hydrogen (secondary N) is 1. The van der Waals surface area contributed by atoms with Crippen molar-refractivity contribution in [2.24, 2.45) is 0 Å². The molecule has 1 N–H and O–H groups in total. The first-order chi connectivity index (χ1) is 15.4. The predicted octanol–water partition coefficient (Wildman–Crippen LogP) is 3.10. The lowest BCUT2D eigenvalue weighted by Crippen LogP contribution is -2.65. The minimum absolute atomic E-state index is 0.0501. The van der Waals surface area contributed by atoms with Crippen LogP contribution in [-0.2, 0) is 22.5 Å². The molecular formula is C24H30N4O4. The Morgan fingerprint density at radius 1 is 1.19 bits per heavy atom. The SMILES string of the molecule is CCc1ccc(N2C(=O)c3cc(C(=O)OC)nn3C[C@@]2(C)C(=O)NC2CCCCC2)cc1. The minimum atomic E-state index is -1.20. The molecule has 170 valence electrons. The third-order valence-corrected chi connectivity index (χ3v) is 6.58. The highest BCUT2D eigenvalue weighted by atomic mass is 16.5. The Bertz CT molecular complexity index is 1020. The summed E-state index contributed by atoms with van der Waals surface area (Å²) in [5, 5.41) is 7.44. The standard InChI is InChI=1S/C24H30N4O4/c1-4-16-10-12-18(13-11-16)28-21(29)20-14-19(22(30)32-3)26-27(20)15-24(28,2)23(31)25-17-8-6-5-7-9-17/h10-14,17H,4-9,15H2,1-3H3,(H,25,31)/t24-/m0/s1. The number of methoxy groups -OCH3 is 1. The van der Waals surface area contributed by atoms with E-state index in [2.05, 4.69) is 17.3 Å². The summed E-state index contributed by atoms with van der Waals surface area (Å²) in [6.45, 7) is 3.97. The van der Waals surface area contributed by atoms with E-state index in [1.165, 1.54) is 24.3 Å². The second-order valence-corrected chi connectivity index (χ2v) is 8.81. The number of carbonyl (C=O) groups is 3. The molecular weight excluding hydrogens is 408 g/mol. The highest BCUT2D eigenvalue weighted by Crippen LogP contribution is 2.33. The Kier molecular flexibility index (Phi) is 6.04. The summed E-state index contributed by atoms with van der Waals surface area (Å²) in [6.07, 6.45) is 6.14. The molecule has 2 aliphatic rings. The molecule has 0 saturated heterocycles. The van der Waals surface area contributed by atoms with Crippen molar-refractivity contribution in [3.63, 3.8) is 0 Å². The first-order valence-corrected chi connectivity index (χ1v) is 11.3. The zero-order chi connectivity index (χ0) is 22.9. The van der Waals surface area contributed by atoms with Gasteiger partial charge in [-0.3, -0.25) is 19.2 Å². The first-order valence-electron chi connectivity index (χ1n) is 11.3. The van der Waals surface area contributed by atoms with Crippen molar-refractivity contribution in [1.82, 2.24) is 15.1 Å². The lowest BCUT2D eigenvalue weighted by molar-refractivity contribution is -0.127. The Labute approximate surface area is 187 Å². The molecule has 1 aromatic carbocycles. The minimum Gasteiger partial charge on any atom is -0.464 e. The molecule has 1 aliphatic carbocycles. The van der Waals surface area contributed by atoms with Gasteiger partial charge in [0.15, 0.2) is 5.69 Å². The van der Waals surface area contributed by atoms with Crippen LogP contribution in [0.25, 0.3) is 0 Å². The number of amides is 2. The van der Waals surface area contributed by atoms with Gasteiger partial charge in [-0.2, -0.15) is 5.10 Å². The van der Waals surface area contributed by atoms with Gasteiger partial charge in [-0.05, 0) is 43.9 Å². The van der Waals surface area contributed by atoms with Gasteiger partial charge in [-0.25, -0.2) is 4.79 Å². The van der Waals surface area contributed by atoms with Crippen LogP contribution in [-0.4, -0.2) is 46.3 Å². The quantitative estimate of drug-likeness (QED) is 0.724. The Morgan fingerprint density at radius 3 is 2.50 bits per heavy atom. The highest BCUT2D eigenvalue weighted by Gasteiger charge is 2.49. The number of aromatic nitrogens is 2. The number of carbonyl (C=O) groups excluding carboxylic acids is 3. The van der Waals surface area contributed by atoms with Crippen molar-refractivity contribution in [2.75, 3.05) is 12.0 Å². The molecule has 0 bridgehead atoms. The van der Waals surface area contributed by atoms with E-state index in [4.69, 9.17) is 4.74 Å². The molecule has 0 unspecified atom stereocenters. The van der Waals surface area contributed by atoms with E-state index in [0.717, 1.165) is 37.7 Å².